The van der Waals surface area contributed by atoms with Crippen molar-refractivity contribution in [3.8, 4) is 23.3 Å². The van der Waals surface area contributed by atoms with Gasteiger partial charge in [0, 0.05) is 43.2 Å². The Morgan fingerprint density at radius 3 is 2.34 bits per heavy atom. The van der Waals surface area contributed by atoms with Crippen molar-refractivity contribution in [2.75, 3.05) is 46.2 Å². The summed E-state index contributed by atoms with van der Waals surface area (Å²) in [6, 6.07) is 37.8. The van der Waals surface area contributed by atoms with Gasteiger partial charge in [-0.25, -0.2) is 0 Å². The molecule has 0 unspecified atom stereocenters. The summed E-state index contributed by atoms with van der Waals surface area (Å²) in [5.41, 5.74) is 4.22. The Bertz CT molecular complexity index is 2590. The van der Waals surface area contributed by atoms with Crippen LogP contribution in [0.15, 0.2) is 145 Å². The lowest BCUT2D eigenvalue weighted by molar-refractivity contribution is -0.254. The first-order chi connectivity index (χ1) is 33.4. The molecule has 0 saturated heterocycles. The van der Waals surface area contributed by atoms with Crippen LogP contribution < -0.4 is 9.47 Å². The van der Waals surface area contributed by atoms with Crippen LogP contribution in [0, 0.1) is 29.1 Å². The number of nitriles is 1. The molecule has 12 nitrogen and oxygen atoms in total. The van der Waals surface area contributed by atoms with Gasteiger partial charge in [-0.1, -0.05) is 90.8 Å². The van der Waals surface area contributed by atoms with E-state index in [-0.39, 0.29) is 82.9 Å². The summed E-state index contributed by atoms with van der Waals surface area (Å²) in [6.07, 6.45) is 8.60. The van der Waals surface area contributed by atoms with Gasteiger partial charge in [-0.3, -0.25) is 4.79 Å². The van der Waals surface area contributed by atoms with Crippen molar-refractivity contribution >= 4 is 22.4 Å². The molecule has 8 rings (SSSR count). The Labute approximate surface area is 398 Å². The average molecular weight is 920 g/mol. The molecule has 1 aliphatic heterocycles. The molecule has 12 heteroatoms. The van der Waals surface area contributed by atoms with Crippen LogP contribution in [0.3, 0.4) is 0 Å². The Balaban J connectivity index is 1.33. The van der Waals surface area contributed by atoms with E-state index in [4.69, 9.17) is 28.9 Å². The van der Waals surface area contributed by atoms with E-state index in [1.165, 1.54) is 0 Å². The zero-order valence-electron chi connectivity index (χ0n) is 38.5. The third-order valence-corrected chi connectivity index (χ3v) is 13.5. The minimum atomic E-state index is -1.51. The molecular formula is C56H61N3O9. The highest BCUT2D eigenvalue weighted by Gasteiger charge is 2.65. The number of unbranched alkanes of at least 4 members (excludes halogenated alkanes) is 2. The first-order valence-electron chi connectivity index (χ1n) is 23.8. The highest BCUT2D eigenvalue weighted by Crippen LogP contribution is 2.62. The first-order valence-corrected chi connectivity index (χ1v) is 23.8. The maximum Gasteiger partial charge on any atom is 0.254 e. The number of benzene rings is 5. The monoisotopic (exact) mass is 919 g/mol. The molecule has 0 radical (unpaired) electrons. The summed E-state index contributed by atoms with van der Waals surface area (Å²) in [5.74, 6) is -0.712. The van der Waals surface area contributed by atoms with E-state index in [0.717, 1.165) is 53.2 Å². The summed E-state index contributed by atoms with van der Waals surface area (Å²) in [5, 5.41) is 46.5. The summed E-state index contributed by atoms with van der Waals surface area (Å²) < 4.78 is 27.1. The van der Waals surface area contributed by atoms with Gasteiger partial charge in [-0.2, -0.15) is 5.26 Å². The lowest BCUT2D eigenvalue weighted by atomic mass is 9.55. The number of hydrogen-bond acceptors (Lipinski definition) is 11. The summed E-state index contributed by atoms with van der Waals surface area (Å²) in [6.45, 7) is 4.63. The number of ether oxygens (including phenoxy) is 4. The smallest absolute Gasteiger partial charge is 0.254 e. The molecule has 1 amide bonds. The van der Waals surface area contributed by atoms with Gasteiger partial charge in [0.25, 0.3) is 5.91 Å². The van der Waals surface area contributed by atoms with Gasteiger partial charge < -0.3 is 44.0 Å². The average Bonchev–Trinajstić information content (AvgIpc) is 3.37. The van der Waals surface area contributed by atoms with E-state index < -0.39 is 17.7 Å². The van der Waals surface area contributed by atoms with Crippen LogP contribution in [-0.4, -0.2) is 89.9 Å². The van der Waals surface area contributed by atoms with E-state index in [0.29, 0.717) is 46.9 Å². The maximum atomic E-state index is 15.2. The van der Waals surface area contributed by atoms with Crippen LogP contribution in [0.4, 0.5) is 0 Å². The van der Waals surface area contributed by atoms with Gasteiger partial charge in [-0.05, 0) is 114 Å². The van der Waals surface area contributed by atoms with Crippen LogP contribution >= 0.6 is 0 Å². The van der Waals surface area contributed by atoms with Crippen molar-refractivity contribution in [1.29, 1.82) is 5.26 Å². The predicted octanol–water partition coefficient (Wildman–Crippen LogP) is 9.49. The molecule has 1 heterocycles. The second kappa shape index (κ2) is 23.1. The predicted molar refractivity (Wildman–Crippen MR) is 260 cm³/mol. The molecule has 6 atom stereocenters. The summed E-state index contributed by atoms with van der Waals surface area (Å²) in [4.78, 5) is 23.2. The second-order valence-corrected chi connectivity index (χ2v) is 17.7. The minimum absolute atomic E-state index is 0.0000649. The van der Waals surface area contributed by atoms with Crippen LogP contribution in [0.25, 0.3) is 10.8 Å². The van der Waals surface area contributed by atoms with Gasteiger partial charge in [0.05, 0.1) is 49.7 Å². The highest BCUT2D eigenvalue weighted by atomic mass is 16.7. The summed E-state index contributed by atoms with van der Waals surface area (Å²) >= 11 is 0. The number of allylic oxidation sites excluding steroid dienone is 1. The van der Waals surface area contributed by atoms with Gasteiger partial charge in [-0.15, -0.1) is 6.58 Å². The van der Waals surface area contributed by atoms with Crippen LogP contribution in [0.2, 0.25) is 0 Å². The number of carbonyl (C=O) groups is 1. The van der Waals surface area contributed by atoms with Crippen molar-refractivity contribution in [3.63, 3.8) is 0 Å². The number of oxime groups is 1. The number of amides is 1. The molecule has 1 fully saturated rings. The normalized spacial score (nSPS) is 22.0. The largest absolute Gasteiger partial charge is 0.459 e. The Morgan fingerprint density at radius 2 is 1.59 bits per heavy atom. The molecule has 5 aromatic rings. The molecule has 354 valence electrons. The minimum Gasteiger partial charge on any atom is -0.459 e. The lowest BCUT2D eigenvalue weighted by Crippen LogP contribution is -2.70. The van der Waals surface area contributed by atoms with E-state index in [2.05, 4.69) is 36.9 Å². The number of hydrogen-bond donors (Lipinski definition) is 3. The van der Waals surface area contributed by atoms with E-state index in [1.54, 1.807) is 35.2 Å². The molecule has 3 aliphatic rings. The number of fused-ring (bicyclic) bond motifs is 3. The van der Waals surface area contributed by atoms with Crippen molar-refractivity contribution in [1.82, 2.24) is 4.90 Å². The van der Waals surface area contributed by atoms with E-state index >= 15 is 4.79 Å². The van der Waals surface area contributed by atoms with Gasteiger partial charge in [0.15, 0.2) is 0 Å². The van der Waals surface area contributed by atoms with Crippen LogP contribution in [0.5, 0.6) is 17.2 Å². The quantitative estimate of drug-likeness (QED) is 0.0327. The number of aliphatic hydroxyl groups excluding tert-OH is 3. The van der Waals surface area contributed by atoms with E-state index in [9.17, 15) is 20.6 Å². The number of rotatable bonds is 23. The van der Waals surface area contributed by atoms with Gasteiger partial charge in [0.2, 0.25) is 5.79 Å². The van der Waals surface area contributed by atoms with Crippen molar-refractivity contribution in [3.05, 3.63) is 162 Å². The molecule has 0 spiro atoms. The third kappa shape index (κ3) is 10.7. The molecule has 2 aliphatic carbocycles. The number of carbonyl (C=O) groups excluding carboxylic acids is 1. The Hall–Kier alpha value is -6.33. The molecule has 1 saturated carbocycles. The van der Waals surface area contributed by atoms with E-state index in [1.807, 2.05) is 72.8 Å². The topological polar surface area (TPSA) is 163 Å². The third-order valence-electron chi connectivity index (χ3n) is 13.5. The fourth-order valence-electron chi connectivity index (χ4n) is 10.4. The molecule has 0 bridgehead atoms. The van der Waals surface area contributed by atoms with Gasteiger partial charge in [0.1, 0.15) is 29.9 Å². The highest BCUT2D eigenvalue weighted by molar-refractivity contribution is 6.03. The molecule has 0 aromatic heterocycles. The standard InChI is InChI=1S/C56H61N3O9/c1-2-30-65-56-52(59(26-31-64-32-29-62)55(63)42-20-18-39(37-57)19-21-42)36-50(58-66-38-40-12-4-3-5-13-40)48-34-44(16-8-10-27-60)47(17-9-11-28-61)53(54(48)56)49-35-46(24-25-51(49)68-56)67-45-23-22-41-14-6-7-15-43(41)33-45/h2-7,12-15,18-25,33-35,44,47,52-54,60-62H,1,8-11,16-17,26-32,36,38H2/t44-,47+,52-,53+,54+,56+/m0/s1. The SMILES string of the molecule is C=CCO[C@@]12Oc3ccc(Oc4ccc5ccccc5c4)cc3[C@H]3[C@H](CCCCO)[C@@H](CCCCO)C=C(C(=NOCc4ccccc4)C[C@@H]1N(CCOCCO)C(=O)c1ccc(C#N)cc1)[C@H]32. The van der Waals surface area contributed by atoms with Crippen LogP contribution in [-0.2, 0) is 20.9 Å². The van der Waals surface area contributed by atoms with Crippen LogP contribution in [0.1, 0.15) is 77.9 Å². The van der Waals surface area contributed by atoms with Crippen molar-refractivity contribution < 1.29 is 43.9 Å². The molecular weight excluding hydrogens is 859 g/mol. The first kappa shape index (κ1) is 48.1. The zero-order chi connectivity index (χ0) is 47.3. The number of aliphatic hydroxyl groups is 3. The van der Waals surface area contributed by atoms with Crippen molar-refractivity contribution in [2.45, 2.75) is 69.3 Å². The lowest BCUT2D eigenvalue weighted by Gasteiger charge is -2.60. The Morgan fingerprint density at radius 1 is 0.853 bits per heavy atom. The van der Waals surface area contributed by atoms with Crippen molar-refractivity contribution in [2.24, 2.45) is 22.9 Å². The second-order valence-electron chi connectivity index (χ2n) is 17.7. The fourth-order valence-corrected chi connectivity index (χ4v) is 10.4. The maximum absolute atomic E-state index is 15.2. The fraction of sp³-hybridized carbons (Fsp3) is 0.375. The summed E-state index contributed by atoms with van der Waals surface area (Å²) in [7, 11) is 0. The Kier molecular flexibility index (Phi) is 16.4. The molecule has 3 N–H and O–H groups in total. The molecule has 5 aromatic carbocycles. The van der Waals surface area contributed by atoms with Gasteiger partial charge >= 0.3 is 0 Å². The molecule has 68 heavy (non-hydrogen) atoms. The number of nitrogens with zero attached hydrogens (tertiary/aromatic N) is 3. The zero-order valence-corrected chi connectivity index (χ0v) is 38.5.